The Hall–Kier alpha value is -0.620. The summed E-state index contributed by atoms with van der Waals surface area (Å²) in [7, 11) is -1.49. The molecule has 6 heteroatoms. The molecule has 0 spiro atoms. The first-order valence-corrected chi connectivity index (χ1v) is 6.75. The second-order valence-electron chi connectivity index (χ2n) is 3.67. The van der Waals surface area contributed by atoms with Crippen molar-refractivity contribution in [3.05, 3.63) is 29.8 Å². The van der Waals surface area contributed by atoms with Crippen molar-refractivity contribution < 1.29 is 8.42 Å². The van der Waals surface area contributed by atoms with E-state index in [1.807, 2.05) is 14.0 Å². The van der Waals surface area contributed by atoms with Crippen molar-refractivity contribution in [2.24, 2.45) is 0 Å². The molecule has 0 aliphatic carbocycles. The van der Waals surface area contributed by atoms with Crippen LogP contribution in [0.4, 0.5) is 0 Å². The zero-order valence-corrected chi connectivity index (χ0v) is 11.7. The highest BCUT2D eigenvalue weighted by Gasteiger charge is 2.11. The Morgan fingerprint density at radius 2 is 1.71 bits per heavy atom. The monoisotopic (exact) mass is 278 g/mol. The molecule has 0 atom stereocenters. The Kier molecular flexibility index (Phi) is 7.38. The maximum atomic E-state index is 11.8. The highest BCUT2D eigenvalue weighted by atomic mass is 35.5. The van der Waals surface area contributed by atoms with Crippen LogP contribution in [-0.2, 0) is 10.0 Å². The number of benzene rings is 1. The molecule has 0 unspecified atom stereocenters. The zero-order chi connectivity index (χ0) is 12.0. The van der Waals surface area contributed by atoms with Crippen LogP contribution in [0, 0.1) is 6.92 Å². The molecular weight excluding hydrogens is 260 g/mol. The fourth-order valence-corrected chi connectivity index (χ4v) is 2.35. The summed E-state index contributed by atoms with van der Waals surface area (Å²) in [5.74, 6) is 0. The highest BCUT2D eigenvalue weighted by Crippen LogP contribution is 2.09. The van der Waals surface area contributed by atoms with Gasteiger partial charge >= 0.3 is 0 Å². The minimum Gasteiger partial charge on any atom is -0.320 e. The molecule has 1 aromatic carbocycles. The smallest absolute Gasteiger partial charge is 0.240 e. The molecule has 0 heterocycles. The summed E-state index contributed by atoms with van der Waals surface area (Å²) in [5, 5.41) is 2.97. The lowest BCUT2D eigenvalue weighted by atomic mass is 10.2. The van der Waals surface area contributed by atoms with E-state index in [0.29, 0.717) is 11.4 Å². The Morgan fingerprint density at radius 3 is 2.24 bits per heavy atom. The molecule has 0 fully saturated rings. The van der Waals surface area contributed by atoms with Crippen LogP contribution in [-0.4, -0.2) is 28.6 Å². The number of sulfonamides is 1. The standard InChI is InChI=1S/C11H18N2O2S.ClH/c1-10-4-6-11(7-5-10)16(14,15)13-9-3-8-12-2;/h4-7,12-13H,3,8-9H2,1-2H3;1H. The van der Waals surface area contributed by atoms with Crippen molar-refractivity contribution >= 4 is 22.4 Å². The van der Waals surface area contributed by atoms with Gasteiger partial charge in [0.25, 0.3) is 0 Å². The quantitative estimate of drug-likeness (QED) is 0.772. The van der Waals surface area contributed by atoms with E-state index in [2.05, 4.69) is 10.0 Å². The van der Waals surface area contributed by atoms with Gasteiger partial charge in [0.15, 0.2) is 0 Å². The molecule has 0 bridgehead atoms. The molecule has 1 aromatic rings. The van der Waals surface area contributed by atoms with Crippen LogP contribution in [0.3, 0.4) is 0 Å². The molecule has 2 N–H and O–H groups in total. The van der Waals surface area contributed by atoms with Gasteiger partial charge in [-0.2, -0.15) is 0 Å². The fourth-order valence-electron chi connectivity index (χ4n) is 1.27. The van der Waals surface area contributed by atoms with Gasteiger partial charge in [0.1, 0.15) is 0 Å². The summed E-state index contributed by atoms with van der Waals surface area (Å²) in [6.07, 6.45) is 0.779. The topological polar surface area (TPSA) is 58.2 Å². The average Bonchev–Trinajstić information content (AvgIpc) is 2.25. The zero-order valence-electron chi connectivity index (χ0n) is 10.1. The Bertz CT molecular complexity index is 418. The van der Waals surface area contributed by atoms with E-state index in [1.165, 1.54) is 0 Å². The van der Waals surface area contributed by atoms with Crippen LogP contribution in [0.25, 0.3) is 0 Å². The second kappa shape index (κ2) is 7.66. The number of nitrogens with one attached hydrogen (secondary N) is 2. The number of aryl methyl sites for hydroxylation is 1. The normalized spacial score (nSPS) is 10.9. The number of hydrogen-bond donors (Lipinski definition) is 2. The number of rotatable bonds is 6. The molecule has 0 saturated carbocycles. The number of halogens is 1. The fraction of sp³-hybridized carbons (Fsp3) is 0.455. The molecule has 0 aliphatic heterocycles. The average molecular weight is 279 g/mol. The van der Waals surface area contributed by atoms with Gasteiger partial charge < -0.3 is 5.32 Å². The maximum Gasteiger partial charge on any atom is 0.240 e. The molecule has 0 aromatic heterocycles. The summed E-state index contributed by atoms with van der Waals surface area (Å²) in [6.45, 7) is 3.18. The summed E-state index contributed by atoms with van der Waals surface area (Å²) in [5.41, 5.74) is 1.05. The van der Waals surface area contributed by atoms with Crippen molar-refractivity contribution in [3.8, 4) is 0 Å². The Balaban J connectivity index is 0.00000256. The van der Waals surface area contributed by atoms with E-state index < -0.39 is 10.0 Å². The van der Waals surface area contributed by atoms with E-state index >= 15 is 0 Å². The SMILES string of the molecule is CNCCCNS(=O)(=O)c1ccc(C)cc1.Cl. The predicted molar refractivity (Wildman–Crippen MR) is 72.2 cm³/mol. The van der Waals surface area contributed by atoms with Gasteiger partial charge in [-0.3, -0.25) is 0 Å². The van der Waals surface area contributed by atoms with Gasteiger partial charge in [-0.25, -0.2) is 13.1 Å². The van der Waals surface area contributed by atoms with Gasteiger partial charge in [0.05, 0.1) is 4.90 Å². The molecule has 0 radical (unpaired) electrons. The summed E-state index contributed by atoms with van der Waals surface area (Å²) in [4.78, 5) is 0.322. The van der Waals surface area contributed by atoms with Crippen LogP contribution in [0.1, 0.15) is 12.0 Å². The Labute approximate surface area is 109 Å². The summed E-state index contributed by atoms with van der Waals surface area (Å²) in [6, 6.07) is 6.83. The number of hydrogen-bond acceptors (Lipinski definition) is 3. The van der Waals surface area contributed by atoms with E-state index in [0.717, 1.165) is 18.5 Å². The van der Waals surface area contributed by atoms with Gasteiger partial charge in [-0.05, 0) is 39.1 Å². The Morgan fingerprint density at radius 1 is 1.12 bits per heavy atom. The molecule has 4 nitrogen and oxygen atoms in total. The molecular formula is C11H19ClN2O2S. The van der Waals surface area contributed by atoms with Gasteiger partial charge in [-0.1, -0.05) is 17.7 Å². The van der Waals surface area contributed by atoms with Crippen LogP contribution >= 0.6 is 12.4 Å². The first kappa shape index (κ1) is 16.4. The first-order valence-electron chi connectivity index (χ1n) is 5.27. The van der Waals surface area contributed by atoms with E-state index in [9.17, 15) is 8.42 Å². The molecule has 17 heavy (non-hydrogen) atoms. The molecule has 98 valence electrons. The van der Waals surface area contributed by atoms with Gasteiger partial charge in [-0.15, -0.1) is 12.4 Å². The lowest BCUT2D eigenvalue weighted by molar-refractivity contribution is 0.577. The third-order valence-electron chi connectivity index (χ3n) is 2.23. The lowest BCUT2D eigenvalue weighted by Crippen LogP contribution is -2.26. The molecule has 1 rings (SSSR count). The van der Waals surface area contributed by atoms with E-state index in [-0.39, 0.29) is 12.4 Å². The van der Waals surface area contributed by atoms with Gasteiger partial charge in [0, 0.05) is 6.54 Å². The first-order chi connectivity index (χ1) is 7.56. The largest absolute Gasteiger partial charge is 0.320 e. The second-order valence-corrected chi connectivity index (χ2v) is 5.43. The van der Waals surface area contributed by atoms with Crippen LogP contribution in [0.15, 0.2) is 29.2 Å². The van der Waals surface area contributed by atoms with E-state index in [4.69, 9.17) is 0 Å². The predicted octanol–water partition coefficient (Wildman–Crippen LogP) is 1.30. The highest BCUT2D eigenvalue weighted by molar-refractivity contribution is 7.89. The lowest BCUT2D eigenvalue weighted by Gasteiger charge is -2.06. The molecule has 0 aliphatic rings. The van der Waals surface area contributed by atoms with Crippen molar-refractivity contribution in [1.82, 2.24) is 10.0 Å². The third kappa shape index (κ3) is 5.50. The molecule has 0 saturated heterocycles. The van der Waals surface area contributed by atoms with Crippen molar-refractivity contribution in [2.45, 2.75) is 18.2 Å². The van der Waals surface area contributed by atoms with Crippen molar-refractivity contribution in [2.75, 3.05) is 20.1 Å². The molecule has 0 amide bonds. The maximum absolute atomic E-state index is 11.8. The van der Waals surface area contributed by atoms with Crippen molar-refractivity contribution in [1.29, 1.82) is 0 Å². The van der Waals surface area contributed by atoms with Crippen LogP contribution in [0.2, 0.25) is 0 Å². The van der Waals surface area contributed by atoms with Crippen molar-refractivity contribution in [3.63, 3.8) is 0 Å². The summed E-state index contributed by atoms with van der Waals surface area (Å²) >= 11 is 0. The summed E-state index contributed by atoms with van der Waals surface area (Å²) < 4.78 is 26.1. The van der Waals surface area contributed by atoms with Crippen LogP contribution < -0.4 is 10.0 Å². The minimum absolute atomic E-state index is 0. The third-order valence-corrected chi connectivity index (χ3v) is 3.70. The van der Waals surface area contributed by atoms with E-state index in [1.54, 1.807) is 24.3 Å². The van der Waals surface area contributed by atoms with Gasteiger partial charge in [0.2, 0.25) is 10.0 Å². The van der Waals surface area contributed by atoms with Crippen LogP contribution in [0.5, 0.6) is 0 Å². The minimum atomic E-state index is -3.34.